The molecule has 2 aromatic carbocycles. The first-order chi connectivity index (χ1) is 17.3. The van der Waals surface area contributed by atoms with Gasteiger partial charge >= 0.3 is 5.97 Å². The molecule has 4 aromatic rings. The van der Waals surface area contributed by atoms with E-state index in [9.17, 15) is 19.2 Å². The Morgan fingerprint density at radius 1 is 1.00 bits per heavy atom. The van der Waals surface area contributed by atoms with Crippen molar-refractivity contribution in [3.63, 3.8) is 0 Å². The minimum Gasteiger partial charge on any atom is -0.465 e. The van der Waals surface area contributed by atoms with Crippen LogP contribution in [0.2, 0.25) is 0 Å². The molecule has 2 amide bonds. The molecule has 0 fully saturated rings. The number of nitrogens with one attached hydrogen (secondary N) is 2. The molecule has 2 heterocycles. The van der Waals surface area contributed by atoms with E-state index in [0.29, 0.717) is 29.1 Å². The van der Waals surface area contributed by atoms with Crippen LogP contribution in [0.3, 0.4) is 0 Å². The van der Waals surface area contributed by atoms with E-state index in [2.05, 4.69) is 20.4 Å². The number of hydrogen-bond acceptors (Lipinski definition) is 7. The number of methoxy groups -OCH3 is 1. The number of nitrogens with zero attached hydrogens (tertiary/aromatic N) is 2. The molecule has 0 atom stereocenters. The average Bonchev–Trinajstić information content (AvgIpc) is 3.25. The van der Waals surface area contributed by atoms with Crippen molar-refractivity contribution in [2.75, 3.05) is 17.7 Å². The maximum absolute atomic E-state index is 13.4. The van der Waals surface area contributed by atoms with Crippen LogP contribution in [-0.2, 0) is 11.2 Å². The van der Waals surface area contributed by atoms with Gasteiger partial charge in [-0.2, -0.15) is 0 Å². The van der Waals surface area contributed by atoms with Gasteiger partial charge in [0.2, 0.25) is 0 Å². The Morgan fingerprint density at radius 3 is 2.39 bits per heavy atom. The molecule has 36 heavy (non-hydrogen) atoms. The molecule has 2 N–H and O–H groups in total. The highest BCUT2D eigenvalue weighted by Crippen LogP contribution is 2.24. The fourth-order valence-corrected chi connectivity index (χ4v) is 4.72. The van der Waals surface area contributed by atoms with E-state index in [0.717, 1.165) is 23.3 Å². The van der Waals surface area contributed by atoms with Crippen molar-refractivity contribution in [3.8, 4) is 0 Å². The first-order valence-corrected chi connectivity index (χ1v) is 12.1. The number of fused-ring (bicyclic) bond motifs is 1. The monoisotopic (exact) mass is 504 g/mol. The summed E-state index contributed by atoms with van der Waals surface area (Å²) < 4.78 is 5.86. The number of aryl methyl sites for hydroxylation is 2. The van der Waals surface area contributed by atoms with Crippen LogP contribution in [0.4, 0.5) is 11.4 Å². The number of amides is 2. The molecule has 184 valence electrons. The maximum atomic E-state index is 13.4. The zero-order valence-corrected chi connectivity index (χ0v) is 20.8. The van der Waals surface area contributed by atoms with Gasteiger partial charge in [0.05, 0.1) is 12.7 Å². The van der Waals surface area contributed by atoms with Crippen molar-refractivity contribution in [2.24, 2.45) is 0 Å². The minimum absolute atomic E-state index is 0.0374. The summed E-state index contributed by atoms with van der Waals surface area (Å²) >= 11 is 0.964. The molecule has 0 spiro atoms. The van der Waals surface area contributed by atoms with Crippen LogP contribution in [0, 0.1) is 6.92 Å². The highest BCUT2D eigenvalue weighted by molar-refractivity contribution is 7.19. The number of benzene rings is 2. The van der Waals surface area contributed by atoms with Gasteiger partial charge in [-0.1, -0.05) is 36.8 Å². The third-order valence-corrected chi connectivity index (χ3v) is 6.38. The first kappa shape index (κ1) is 24.8. The topological polar surface area (TPSA) is 119 Å². The van der Waals surface area contributed by atoms with Crippen LogP contribution in [0.15, 0.2) is 59.4 Å². The van der Waals surface area contributed by atoms with Gasteiger partial charge in [-0.15, -0.1) is 0 Å². The fourth-order valence-electron chi connectivity index (χ4n) is 3.67. The average molecular weight is 505 g/mol. The van der Waals surface area contributed by atoms with Crippen molar-refractivity contribution in [2.45, 2.75) is 26.7 Å². The summed E-state index contributed by atoms with van der Waals surface area (Å²) in [6, 6.07) is 14.7. The maximum Gasteiger partial charge on any atom is 0.337 e. The smallest absolute Gasteiger partial charge is 0.337 e. The van der Waals surface area contributed by atoms with Gasteiger partial charge in [0, 0.05) is 23.1 Å². The Bertz CT molecular complexity index is 1520. The number of rotatable bonds is 7. The number of ether oxygens (including phenoxy) is 1. The van der Waals surface area contributed by atoms with Gasteiger partial charge in [0.15, 0.2) is 4.96 Å². The van der Waals surface area contributed by atoms with E-state index in [4.69, 9.17) is 0 Å². The summed E-state index contributed by atoms with van der Waals surface area (Å²) in [6.07, 6.45) is 1.39. The van der Waals surface area contributed by atoms with Crippen molar-refractivity contribution in [3.05, 3.63) is 92.3 Å². The van der Waals surface area contributed by atoms with E-state index in [1.165, 1.54) is 29.7 Å². The number of hydrogen-bond donors (Lipinski definition) is 2. The predicted octanol–water partition coefficient (Wildman–Crippen LogP) is 4.31. The summed E-state index contributed by atoms with van der Waals surface area (Å²) in [5.74, 6) is -1.69. The summed E-state index contributed by atoms with van der Waals surface area (Å²) in [6.45, 7) is 3.87. The molecular formula is C26H24N4O5S. The lowest BCUT2D eigenvalue weighted by Gasteiger charge is -2.09. The van der Waals surface area contributed by atoms with Crippen LogP contribution in [0.5, 0.6) is 0 Å². The van der Waals surface area contributed by atoms with Crippen LogP contribution in [0.25, 0.3) is 4.96 Å². The second kappa shape index (κ2) is 10.5. The lowest BCUT2D eigenvalue weighted by Crippen LogP contribution is -2.25. The quantitative estimate of drug-likeness (QED) is 0.362. The highest BCUT2D eigenvalue weighted by atomic mass is 32.1. The third-order valence-electron chi connectivity index (χ3n) is 5.34. The highest BCUT2D eigenvalue weighted by Gasteiger charge is 2.26. The normalized spacial score (nSPS) is 10.8. The molecule has 0 aliphatic rings. The van der Waals surface area contributed by atoms with Crippen LogP contribution >= 0.6 is 11.3 Å². The zero-order valence-electron chi connectivity index (χ0n) is 20.0. The van der Waals surface area contributed by atoms with E-state index in [1.807, 2.05) is 19.9 Å². The predicted molar refractivity (Wildman–Crippen MR) is 138 cm³/mol. The van der Waals surface area contributed by atoms with Crippen molar-refractivity contribution < 1.29 is 19.1 Å². The molecular weight excluding hydrogens is 480 g/mol. The standard InChI is InChI=1S/C26H24N4O5S/c1-4-6-18-14-20(31)30-21(23(32)28-19-8-5-7-15(2)13-19)22(36-26(30)29-18)24(33)27-17-11-9-16(10-12-17)25(34)35-3/h5,7-14H,4,6H2,1-3H3,(H,27,33)(H,28,32). The summed E-state index contributed by atoms with van der Waals surface area (Å²) in [4.78, 5) is 56.1. The van der Waals surface area contributed by atoms with E-state index in [-0.39, 0.29) is 15.5 Å². The van der Waals surface area contributed by atoms with E-state index < -0.39 is 23.3 Å². The number of aromatic nitrogens is 2. The molecule has 0 aliphatic carbocycles. The molecule has 2 aromatic heterocycles. The molecule has 0 unspecified atom stereocenters. The Balaban J connectivity index is 1.75. The molecule has 4 rings (SSSR count). The largest absolute Gasteiger partial charge is 0.465 e. The number of esters is 1. The molecule has 0 saturated carbocycles. The number of anilines is 2. The SMILES string of the molecule is CCCc1cc(=O)n2c(C(=O)Nc3cccc(C)c3)c(C(=O)Nc3ccc(C(=O)OC)cc3)sc2n1. The molecule has 0 saturated heterocycles. The Morgan fingerprint density at radius 2 is 1.72 bits per heavy atom. The van der Waals surface area contributed by atoms with Gasteiger partial charge in [-0.05, 0) is 55.3 Å². The first-order valence-electron chi connectivity index (χ1n) is 11.2. The summed E-state index contributed by atoms with van der Waals surface area (Å²) in [5, 5.41) is 5.51. The molecule has 0 aliphatic heterocycles. The Hall–Kier alpha value is -4.31. The molecule has 9 nitrogen and oxygen atoms in total. The van der Waals surface area contributed by atoms with Crippen molar-refractivity contribution >= 4 is 45.5 Å². The van der Waals surface area contributed by atoms with E-state index in [1.54, 1.807) is 30.3 Å². The number of thiazole rings is 1. The molecule has 0 radical (unpaired) electrons. The van der Waals surface area contributed by atoms with Crippen molar-refractivity contribution in [1.29, 1.82) is 0 Å². The van der Waals surface area contributed by atoms with Gasteiger partial charge < -0.3 is 15.4 Å². The Kier molecular flexibility index (Phi) is 7.25. The van der Waals surface area contributed by atoms with Crippen molar-refractivity contribution in [1.82, 2.24) is 9.38 Å². The van der Waals surface area contributed by atoms with E-state index >= 15 is 0 Å². The van der Waals surface area contributed by atoms with Crippen LogP contribution < -0.4 is 16.2 Å². The van der Waals surface area contributed by atoms with Gasteiger partial charge in [0.1, 0.15) is 10.6 Å². The molecule has 10 heteroatoms. The van der Waals surface area contributed by atoms with Gasteiger partial charge in [-0.25, -0.2) is 14.2 Å². The zero-order chi connectivity index (χ0) is 25.8. The Labute approximate surface area is 210 Å². The second-order valence-corrected chi connectivity index (χ2v) is 9.06. The lowest BCUT2D eigenvalue weighted by molar-refractivity contribution is 0.0600. The fraction of sp³-hybridized carbons (Fsp3) is 0.192. The molecule has 0 bridgehead atoms. The van der Waals surface area contributed by atoms with Gasteiger partial charge in [-0.3, -0.25) is 14.4 Å². The third kappa shape index (κ3) is 5.18. The van der Waals surface area contributed by atoms with Crippen LogP contribution in [-0.4, -0.2) is 34.3 Å². The van der Waals surface area contributed by atoms with Gasteiger partial charge in [0.25, 0.3) is 17.4 Å². The lowest BCUT2D eigenvalue weighted by atomic mass is 10.2. The number of carbonyl (C=O) groups excluding carboxylic acids is 3. The second-order valence-electron chi connectivity index (χ2n) is 8.08. The number of carbonyl (C=O) groups is 3. The summed E-state index contributed by atoms with van der Waals surface area (Å²) in [7, 11) is 1.28. The minimum atomic E-state index is -0.606. The summed E-state index contributed by atoms with van der Waals surface area (Å²) in [5.41, 5.74) is 2.28. The van der Waals surface area contributed by atoms with Crippen LogP contribution in [0.1, 0.15) is 55.1 Å².